The quantitative estimate of drug-likeness (QED) is 0.931. The fourth-order valence-corrected chi connectivity index (χ4v) is 2.85. The Labute approximate surface area is 125 Å². The van der Waals surface area contributed by atoms with E-state index in [0.717, 1.165) is 12.0 Å². The summed E-state index contributed by atoms with van der Waals surface area (Å²) in [5, 5.41) is 9.10. The van der Waals surface area contributed by atoms with Crippen LogP contribution in [0.25, 0.3) is 0 Å². The number of carbonyl (C=O) groups is 2. The molecule has 1 N–H and O–H groups in total. The predicted molar refractivity (Wildman–Crippen MR) is 81.5 cm³/mol. The van der Waals surface area contributed by atoms with Crippen LogP contribution in [0.5, 0.6) is 0 Å². The fourth-order valence-electron chi connectivity index (χ4n) is 2.85. The van der Waals surface area contributed by atoms with Crippen molar-refractivity contribution in [2.24, 2.45) is 5.92 Å². The van der Waals surface area contributed by atoms with Gasteiger partial charge in [0.1, 0.15) is 6.54 Å². The van der Waals surface area contributed by atoms with Crippen LogP contribution in [0.3, 0.4) is 0 Å². The summed E-state index contributed by atoms with van der Waals surface area (Å²) < 4.78 is 0. The Hall–Kier alpha value is -2.04. The number of rotatable bonds is 3. The van der Waals surface area contributed by atoms with E-state index in [1.165, 1.54) is 4.90 Å². The molecule has 1 saturated heterocycles. The smallest absolute Gasteiger partial charge is 0.325 e. The number of carboxylic acids is 1. The Morgan fingerprint density at radius 1 is 1.29 bits per heavy atom. The van der Waals surface area contributed by atoms with E-state index < -0.39 is 5.97 Å². The Morgan fingerprint density at radius 2 is 1.90 bits per heavy atom. The fraction of sp³-hybridized carbons (Fsp3) is 0.500. The number of anilines is 1. The minimum absolute atomic E-state index is 0.147. The highest BCUT2D eigenvalue weighted by molar-refractivity contribution is 5.96. The van der Waals surface area contributed by atoms with E-state index in [1.54, 1.807) is 17.0 Å². The number of urea groups is 1. The maximum atomic E-state index is 12.7. The normalized spacial score (nSPS) is 21.4. The third-order valence-electron chi connectivity index (χ3n) is 3.90. The van der Waals surface area contributed by atoms with Gasteiger partial charge in [-0.15, -0.1) is 0 Å². The van der Waals surface area contributed by atoms with Crippen LogP contribution in [0, 0.1) is 12.8 Å². The molecule has 2 unspecified atom stereocenters. The number of amides is 2. The Bertz CT molecular complexity index is 527. The van der Waals surface area contributed by atoms with Crippen molar-refractivity contribution in [3.63, 3.8) is 0 Å². The molecule has 21 heavy (non-hydrogen) atoms. The number of hydrogen-bond acceptors (Lipinski definition) is 2. The number of nitrogens with zero attached hydrogens (tertiary/aromatic N) is 2. The van der Waals surface area contributed by atoms with Gasteiger partial charge in [-0.1, -0.05) is 24.6 Å². The van der Waals surface area contributed by atoms with Crippen molar-refractivity contribution in [2.75, 3.05) is 18.0 Å². The molecular weight excluding hydrogens is 268 g/mol. The Balaban J connectivity index is 2.25. The summed E-state index contributed by atoms with van der Waals surface area (Å²) in [6, 6.07) is 7.27. The molecule has 1 aromatic rings. The molecular formula is C16H22N2O3. The van der Waals surface area contributed by atoms with Gasteiger partial charge < -0.3 is 10.0 Å². The average Bonchev–Trinajstić information content (AvgIpc) is 2.75. The second kappa shape index (κ2) is 6.16. The maximum Gasteiger partial charge on any atom is 0.325 e. The van der Waals surface area contributed by atoms with Crippen molar-refractivity contribution in [3.05, 3.63) is 29.8 Å². The molecule has 2 amide bonds. The number of carboxylic acid groups (broad SMARTS) is 1. The zero-order valence-electron chi connectivity index (χ0n) is 12.7. The molecule has 0 bridgehead atoms. The van der Waals surface area contributed by atoms with Crippen molar-refractivity contribution in [1.82, 2.24) is 4.90 Å². The lowest BCUT2D eigenvalue weighted by molar-refractivity contribution is -0.135. The van der Waals surface area contributed by atoms with Crippen molar-refractivity contribution in [3.8, 4) is 0 Å². The van der Waals surface area contributed by atoms with Gasteiger partial charge in [0, 0.05) is 18.3 Å². The molecule has 1 heterocycles. The van der Waals surface area contributed by atoms with E-state index in [4.69, 9.17) is 5.11 Å². The van der Waals surface area contributed by atoms with Gasteiger partial charge >= 0.3 is 12.0 Å². The zero-order chi connectivity index (χ0) is 15.6. The SMILES string of the molecule is Cc1ccc(N(CC(=O)O)C(=O)N2CC(C)CC2C)cc1. The molecule has 0 aliphatic carbocycles. The first kappa shape index (κ1) is 15.4. The standard InChI is InChI=1S/C16H22N2O3/c1-11-4-6-14(7-5-11)18(10-15(19)20)16(21)17-9-12(2)8-13(17)3/h4-7,12-13H,8-10H2,1-3H3,(H,19,20). The molecule has 1 aliphatic rings. The first-order valence-electron chi connectivity index (χ1n) is 7.25. The molecule has 0 spiro atoms. The summed E-state index contributed by atoms with van der Waals surface area (Å²) in [5.41, 5.74) is 1.70. The predicted octanol–water partition coefficient (Wildman–Crippen LogP) is 2.74. The van der Waals surface area contributed by atoms with Crippen LogP contribution in [0.15, 0.2) is 24.3 Å². The van der Waals surface area contributed by atoms with Gasteiger partial charge in [0.15, 0.2) is 0 Å². The summed E-state index contributed by atoms with van der Waals surface area (Å²) in [7, 11) is 0. The summed E-state index contributed by atoms with van der Waals surface area (Å²) in [6.07, 6.45) is 0.959. The largest absolute Gasteiger partial charge is 0.480 e. The van der Waals surface area contributed by atoms with Gasteiger partial charge in [0.05, 0.1) is 0 Å². The van der Waals surface area contributed by atoms with Gasteiger partial charge in [0.25, 0.3) is 0 Å². The summed E-state index contributed by atoms with van der Waals surface area (Å²) in [5.74, 6) is -0.558. The first-order valence-corrected chi connectivity index (χ1v) is 7.25. The second-order valence-electron chi connectivity index (χ2n) is 5.94. The number of likely N-dealkylation sites (tertiary alicyclic amines) is 1. The first-order chi connectivity index (χ1) is 9.88. The highest BCUT2D eigenvalue weighted by Gasteiger charge is 2.33. The third kappa shape index (κ3) is 3.54. The second-order valence-corrected chi connectivity index (χ2v) is 5.94. The van der Waals surface area contributed by atoms with E-state index >= 15 is 0 Å². The van der Waals surface area contributed by atoms with Crippen molar-refractivity contribution >= 4 is 17.7 Å². The molecule has 0 radical (unpaired) electrons. The van der Waals surface area contributed by atoms with Crippen LogP contribution >= 0.6 is 0 Å². The van der Waals surface area contributed by atoms with E-state index in [9.17, 15) is 9.59 Å². The lowest BCUT2D eigenvalue weighted by atomic mass is 10.1. The summed E-state index contributed by atoms with van der Waals surface area (Å²) >= 11 is 0. The van der Waals surface area contributed by atoms with Crippen LogP contribution in [0.4, 0.5) is 10.5 Å². The molecule has 2 atom stereocenters. The van der Waals surface area contributed by atoms with Crippen molar-refractivity contribution in [2.45, 2.75) is 33.2 Å². The molecule has 0 saturated carbocycles. The molecule has 114 valence electrons. The molecule has 2 rings (SSSR count). The van der Waals surface area contributed by atoms with Gasteiger partial charge in [-0.05, 0) is 38.3 Å². The summed E-state index contributed by atoms with van der Waals surface area (Å²) in [6.45, 7) is 6.44. The number of aryl methyl sites for hydroxylation is 1. The van der Waals surface area contributed by atoms with E-state index in [0.29, 0.717) is 18.2 Å². The molecule has 5 heteroatoms. The number of benzene rings is 1. The lowest BCUT2D eigenvalue weighted by Gasteiger charge is -2.29. The van der Waals surface area contributed by atoms with Gasteiger partial charge in [0.2, 0.25) is 0 Å². The minimum Gasteiger partial charge on any atom is -0.480 e. The number of hydrogen-bond donors (Lipinski definition) is 1. The topological polar surface area (TPSA) is 60.9 Å². The molecule has 1 fully saturated rings. The van der Waals surface area contributed by atoms with Crippen LogP contribution in [-0.4, -0.2) is 41.1 Å². The molecule has 1 aromatic carbocycles. The zero-order valence-corrected chi connectivity index (χ0v) is 12.7. The third-order valence-corrected chi connectivity index (χ3v) is 3.90. The van der Waals surface area contributed by atoms with Crippen molar-refractivity contribution < 1.29 is 14.7 Å². The lowest BCUT2D eigenvalue weighted by Crippen LogP contribution is -2.47. The maximum absolute atomic E-state index is 12.7. The van der Waals surface area contributed by atoms with E-state index in [2.05, 4.69) is 6.92 Å². The Kier molecular flexibility index (Phi) is 4.50. The van der Waals surface area contributed by atoms with E-state index in [1.807, 2.05) is 26.0 Å². The summed E-state index contributed by atoms with van der Waals surface area (Å²) in [4.78, 5) is 26.9. The van der Waals surface area contributed by atoms with Gasteiger partial charge in [-0.2, -0.15) is 0 Å². The number of aliphatic carboxylic acids is 1. The molecule has 1 aliphatic heterocycles. The van der Waals surface area contributed by atoms with Crippen LogP contribution in [-0.2, 0) is 4.79 Å². The highest BCUT2D eigenvalue weighted by Crippen LogP contribution is 2.25. The highest BCUT2D eigenvalue weighted by atomic mass is 16.4. The van der Waals surface area contributed by atoms with Crippen LogP contribution in [0.1, 0.15) is 25.8 Å². The molecule has 0 aromatic heterocycles. The minimum atomic E-state index is -1.01. The average molecular weight is 290 g/mol. The van der Waals surface area contributed by atoms with Crippen molar-refractivity contribution in [1.29, 1.82) is 0 Å². The van der Waals surface area contributed by atoms with Crippen LogP contribution < -0.4 is 4.90 Å². The van der Waals surface area contributed by atoms with E-state index in [-0.39, 0.29) is 18.6 Å². The molecule has 5 nitrogen and oxygen atoms in total. The number of carbonyl (C=O) groups excluding carboxylic acids is 1. The Morgan fingerprint density at radius 3 is 2.38 bits per heavy atom. The van der Waals surface area contributed by atoms with Gasteiger partial charge in [-0.25, -0.2) is 4.79 Å². The van der Waals surface area contributed by atoms with Crippen LogP contribution in [0.2, 0.25) is 0 Å². The monoisotopic (exact) mass is 290 g/mol. The van der Waals surface area contributed by atoms with Gasteiger partial charge in [-0.3, -0.25) is 9.69 Å².